The minimum atomic E-state index is 0.153. The van der Waals surface area contributed by atoms with Crippen molar-refractivity contribution in [3.63, 3.8) is 0 Å². The van der Waals surface area contributed by atoms with Crippen LogP contribution in [-0.2, 0) is 0 Å². The van der Waals surface area contributed by atoms with Gasteiger partial charge in [-0.05, 0) is 60.3 Å². The number of hydrogen-bond acceptors (Lipinski definition) is 4. The number of rotatable bonds is 6. The molecular formula is C15H25BrN2OS. The Morgan fingerprint density at radius 3 is 2.90 bits per heavy atom. The van der Waals surface area contributed by atoms with Gasteiger partial charge < -0.3 is 10.8 Å². The van der Waals surface area contributed by atoms with E-state index in [1.807, 2.05) is 0 Å². The molecule has 3 nitrogen and oxygen atoms in total. The van der Waals surface area contributed by atoms with E-state index in [9.17, 15) is 5.11 Å². The molecular weight excluding hydrogens is 336 g/mol. The molecule has 0 spiro atoms. The molecule has 5 heteroatoms. The molecule has 1 aromatic rings. The highest BCUT2D eigenvalue weighted by Crippen LogP contribution is 2.37. The summed E-state index contributed by atoms with van der Waals surface area (Å²) in [7, 11) is 0. The Hall–Kier alpha value is 0.0600. The summed E-state index contributed by atoms with van der Waals surface area (Å²) in [6, 6.07) is 5.21. The first kappa shape index (κ1) is 16.4. The number of thiophene rings is 1. The molecule has 2 heterocycles. The molecule has 3 atom stereocenters. The number of piperidine rings is 1. The largest absolute Gasteiger partial charge is 0.396 e. The van der Waals surface area contributed by atoms with Gasteiger partial charge in [-0.25, -0.2) is 0 Å². The smallest absolute Gasteiger partial charge is 0.0702 e. The fourth-order valence-corrected chi connectivity index (χ4v) is 4.80. The molecule has 1 saturated heterocycles. The molecule has 0 amide bonds. The van der Waals surface area contributed by atoms with Crippen LogP contribution in [0.5, 0.6) is 0 Å². The van der Waals surface area contributed by atoms with E-state index in [-0.39, 0.29) is 18.7 Å². The zero-order valence-corrected chi connectivity index (χ0v) is 14.5. The van der Waals surface area contributed by atoms with Crippen LogP contribution in [0, 0.1) is 0 Å². The van der Waals surface area contributed by atoms with Gasteiger partial charge in [0.1, 0.15) is 0 Å². The average Bonchev–Trinajstić information content (AvgIpc) is 2.87. The molecule has 114 valence electrons. The summed E-state index contributed by atoms with van der Waals surface area (Å²) in [6.45, 7) is 3.52. The Morgan fingerprint density at radius 1 is 1.50 bits per heavy atom. The van der Waals surface area contributed by atoms with Gasteiger partial charge in [-0.2, -0.15) is 0 Å². The monoisotopic (exact) mass is 360 g/mol. The summed E-state index contributed by atoms with van der Waals surface area (Å²) in [5.41, 5.74) is 6.43. The third-order valence-electron chi connectivity index (χ3n) is 4.25. The number of aliphatic hydroxyl groups is 1. The van der Waals surface area contributed by atoms with Gasteiger partial charge >= 0.3 is 0 Å². The summed E-state index contributed by atoms with van der Waals surface area (Å²) in [6.07, 6.45) is 5.52. The molecule has 1 aromatic heterocycles. The van der Waals surface area contributed by atoms with Crippen LogP contribution in [0.15, 0.2) is 15.9 Å². The standard InChI is InChI=1S/C15H25BrN2OS/c1-2-12(17)15(13-6-7-14(16)20-13)18-9-4-3-5-11(18)8-10-19/h6-7,11-12,15,19H,2-5,8-10,17H2,1H3. The highest BCUT2D eigenvalue weighted by molar-refractivity contribution is 9.11. The zero-order chi connectivity index (χ0) is 14.5. The van der Waals surface area contributed by atoms with Gasteiger partial charge in [-0.3, -0.25) is 4.90 Å². The summed E-state index contributed by atoms with van der Waals surface area (Å²) >= 11 is 5.35. The third-order valence-corrected chi connectivity index (χ3v) is 5.95. The molecule has 0 aromatic carbocycles. The van der Waals surface area contributed by atoms with Gasteiger partial charge in [0.05, 0.1) is 9.83 Å². The Bertz CT molecular complexity index is 410. The highest BCUT2D eigenvalue weighted by atomic mass is 79.9. The van der Waals surface area contributed by atoms with Gasteiger partial charge in [0.15, 0.2) is 0 Å². The van der Waals surface area contributed by atoms with E-state index in [1.165, 1.54) is 24.1 Å². The quantitative estimate of drug-likeness (QED) is 0.815. The van der Waals surface area contributed by atoms with Crippen LogP contribution in [0.1, 0.15) is 49.9 Å². The second-order valence-electron chi connectivity index (χ2n) is 5.56. The Balaban J connectivity index is 2.24. The lowest BCUT2D eigenvalue weighted by Gasteiger charge is -2.43. The molecule has 0 radical (unpaired) electrons. The summed E-state index contributed by atoms with van der Waals surface area (Å²) in [5, 5.41) is 9.33. The topological polar surface area (TPSA) is 49.5 Å². The van der Waals surface area contributed by atoms with Crippen LogP contribution in [-0.4, -0.2) is 35.2 Å². The van der Waals surface area contributed by atoms with Crippen LogP contribution in [0.4, 0.5) is 0 Å². The SMILES string of the molecule is CCC(N)C(c1ccc(Br)s1)N1CCCCC1CCO. The summed E-state index contributed by atoms with van der Waals surface area (Å²) in [4.78, 5) is 3.89. The van der Waals surface area contributed by atoms with Crippen molar-refractivity contribution < 1.29 is 5.11 Å². The maximum Gasteiger partial charge on any atom is 0.0702 e. The van der Waals surface area contributed by atoms with Crippen LogP contribution in [0.2, 0.25) is 0 Å². The number of nitrogens with two attached hydrogens (primary N) is 1. The molecule has 1 aliphatic heterocycles. The lowest BCUT2D eigenvalue weighted by molar-refractivity contribution is 0.0635. The lowest BCUT2D eigenvalue weighted by Crippen LogP contribution is -2.48. The van der Waals surface area contributed by atoms with Gasteiger partial charge in [0, 0.05) is 23.6 Å². The minimum absolute atomic E-state index is 0.153. The first-order valence-electron chi connectivity index (χ1n) is 7.54. The van der Waals surface area contributed by atoms with Crippen LogP contribution >= 0.6 is 27.3 Å². The number of aliphatic hydroxyl groups excluding tert-OH is 1. The predicted octanol–water partition coefficient (Wildman–Crippen LogP) is 3.53. The molecule has 0 saturated carbocycles. The lowest BCUT2D eigenvalue weighted by atomic mass is 9.93. The fourth-order valence-electron chi connectivity index (χ4n) is 3.18. The van der Waals surface area contributed by atoms with Crippen LogP contribution in [0.3, 0.4) is 0 Å². The van der Waals surface area contributed by atoms with Crippen molar-refractivity contribution in [1.29, 1.82) is 0 Å². The highest BCUT2D eigenvalue weighted by Gasteiger charge is 2.33. The predicted molar refractivity (Wildman–Crippen MR) is 89.1 cm³/mol. The molecule has 0 bridgehead atoms. The molecule has 2 rings (SSSR count). The number of halogens is 1. The first-order valence-corrected chi connectivity index (χ1v) is 9.15. The Labute approximate surface area is 134 Å². The maximum absolute atomic E-state index is 9.33. The van der Waals surface area contributed by atoms with E-state index in [4.69, 9.17) is 5.73 Å². The van der Waals surface area contributed by atoms with Crippen molar-refractivity contribution >= 4 is 27.3 Å². The van der Waals surface area contributed by atoms with E-state index >= 15 is 0 Å². The number of hydrogen-bond donors (Lipinski definition) is 2. The molecule has 20 heavy (non-hydrogen) atoms. The van der Waals surface area contributed by atoms with Gasteiger partial charge in [0.2, 0.25) is 0 Å². The van der Waals surface area contributed by atoms with Gasteiger partial charge in [-0.1, -0.05) is 13.3 Å². The van der Waals surface area contributed by atoms with Crippen molar-refractivity contribution in [1.82, 2.24) is 4.90 Å². The fraction of sp³-hybridized carbons (Fsp3) is 0.733. The summed E-state index contributed by atoms with van der Waals surface area (Å²) in [5.74, 6) is 0. The second-order valence-corrected chi connectivity index (χ2v) is 8.05. The molecule has 1 fully saturated rings. The average molecular weight is 361 g/mol. The third kappa shape index (κ3) is 3.83. The van der Waals surface area contributed by atoms with Crippen molar-refractivity contribution in [3.8, 4) is 0 Å². The van der Waals surface area contributed by atoms with Gasteiger partial charge in [0.25, 0.3) is 0 Å². The number of likely N-dealkylation sites (tertiary alicyclic amines) is 1. The molecule has 3 unspecified atom stereocenters. The van der Waals surface area contributed by atoms with Crippen LogP contribution in [0.25, 0.3) is 0 Å². The molecule has 0 aliphatic carbocycles. The van der Waals surface area contributed by atoms with Crippen molar-refractivity contribution in [2.45, 2.75) is 57.2 Å². The number of nitrogens with zero attached hydrogens (tertiary/aromatic N) is 1. The van der Waals surface area contributed by atoms with Crippen LogP contribution < -0.4 is 5.73 Å². The Morgan fingerprint density at radius 2 is 2.30 bits per heavy atom. The van der Waals surface area contributed by atoms with E-state index in [0.29, 0.717) is 6.04 Å². The van der Waals surface area contributed by atoms with Crippen molar-refractivity contribution in [2.75, 3.05) is 13.2 Å². The minimum Gasteiger partial charge on any atom is -0.396 e. The van der Waals surface area contributed by atoms with Gasteiger partial charge in [-0.15, -0.1) is 11.3 Å². The van der Waals surface area contributed by atoms with Crippen molar-refractivity contribution in [3.05, 3.63) is 20.8 Å². The summed E-state index contributed by atoms with van der Waals surface area (Å²) < 4.78 is 1.16. The van der Waals surface area contributed by atoms with E-state index in [2.05, 4.69) is 39.9 Å². The van der Waals surface area contributed by atoms with E-state index in [1.54, 1.807) is 11.3 Å². The molecule has 3 N–H and O–H groups in total. The zero-order valence-electron chi connectivity index (χ0n) is 12.1. The van der Waals surface area contributed by atoms with E-state index < -0.39 is 0 Å². The molecule has 1 aliphatic rings. The Kier molecular flexibility index (Phi) is 6.49. The first-order chi connectivity index (χ1) is 9.67. The maximum atomic E-state index is 9.33. The second kappa shape index (κ2) is 7.90. The van der Waals surface area contributed by atoms with Crippen molar-refractivity contribution in [2.24, 2.45) is 5.73 Å². The normalized spacial score (nSPS) is 23.7. The van der Waals surface area contributed by atoms with E-state index in [0.717, 1.165) is 23.2 Å².